The summed E-state index contributed by atoms with van der Waals surface area (Å²) in [6.45, 7) is 0. The Morgan fingerprint density at radius 3 is 2.41 bits per heavy atom. The zero-order valence-electron chi connectivity index (χ0n) is 9.72. The third-order valence-electron chi connectivity index (χ3n) is 2.20. The average molecular weight is 269 g/mol. The van der Waals surface area contributed by atoms with Crippen LogP contribution in [0.2, 0.25) is 0 Å². The summed E-state index contributed by atoms with van der Waals surface area (Å²) in [5.41, 5.74) is 0. The fraction of sp³-hybridized carbons (Fsp3) is 0.417. The number of thioether (sulfide) groups is 1. The Hall–Kier alpha value is -0.990. The Morgan fingerprint density at radius 1 is 1.24 bits per heavy atom. The van der Waals surface area contributed by atoms with E-state index in [4.69, 9.17) is 5.26 Å². The summed E-state index contributed by atoms with van der Waals surface area (Å²) in [6.07, 6.45) is 3.74. The van der Waals surface area contributed by atoms with E-state index in [0.29, 0.717) is 11.3 Å². The highest BCUT2D eigenvalue weighted by atomic mass is 32.2. The molecule has 0 saturated carbocycles. The largest absolute Gasteiger partial charge is 0.224 e. The molecule has 0 aliphatic heterocycles. The number of hydrogen-bond acceptors (Lipinski definition) is 4. The van der Waals surface area contributed by atoms with Crippen LogP contribution in [0.3, 0.4) is 0 Å². The van der Waals surface area contributed by atoms with Crippen molar-refractivity contribution in [3.05, 3.63) is 24.3 Å². The van der Waals surface area contributed by atoms with Crippen molar-refractivity contribution in [3.63, 3.8) is 0 Å². The van der Waals surface area contributed by atoms with E-state index in [1.165, 1.54) is 6.26 Å². The topological polar surface area (TPSA) is 57.9 Å². The van der Waals surface area contributed by atoms with Gasteiger partial charge in [0.1, 0.15) is 0 Å². The number of benzene rings is 1. The third kappa shape index (κ3) is 5.24. The maximum absolute atomic E-state index is 11.2. The van der Waals surface area contributed by atoms with Gasteiger partial charge in [-0.2, -0.15) is 5.26 Å². The van der Waals surface area contributed by atoms with Gasteiger partial charge in [0.2, 0.25) is 0 Å². The molecule has 0 bridgehead atoms. The first-order valence-corrected chi connectivity index (χ1v) is 8.21. The zero-order chi connectivity index (χ0) is 12.7. The number of sulfone groups is 1. The molecule has 0 unspecified atom stereocenters. The molecule has 0 amide bonds. The van der Waals surface area contributed by atoms with Gasteiger partial charge in [-0.25, -0.2) is 8.42 Å². The molecule has 1 aromatic rings. The molecular weight excluding hydrogens is 254 g/mol. The first-order valence-electron chi connectivity index (χ1n) is 5.34. The predicted molar refractivity (Wildman–Crippen MR) is 69.7 cm³/mol. The van der Waals surface area contributed by atoms with E-state index in [0.717, 1.165) is 23.5 Å². The molecule has 1 aromatic carbocycles. The summed E-state index contributed by atoms with van der Waals surface area (Å²) in [5, 5.41) is 8.38. The van der Waals surface area contributed by atoms with Gasteiger partial charge in [0.15, 0.2) is 9.84 Å². The van der Waals surface area contributed by atoms with Crippen LogP contribution in [-0.2, 0) is 9.84 Å². The second-order valence-corrected chi connectivity index (χ2v) is 6.89. The quantitative estimate of drug-likeness (QED) is 0.588. The van der Waals surface area contributed by atoms with Crippen LogP contribution in [-0.4, -0.2) is 20.4 Å². The molecule has 3 nitrogen and oxygen atoms in total. The predicted octanol–water partition coefficient (Wildman–Crippen LogP) is 2.88. The lowest BCUT2D eigenvalue weighted by atomic mass is 10.3. The Kier molecular flexibility index (Phi) is 5.52. The van der Waals surface area contributed by atoms with E-state index in [1.807, 2.05) is 12.1 Å². The zero-order valence-corrected chi connectivity index (χ0v) is 11.4. The van der Waals surface area contributed by atoms with Crippen LogP contribution in [0, 0.1) is 11.3 Å². The maximum atomic E-state index is 11.2. The molecule has 0 aliphatic carbocycles. The lowest BCUT2D eigenvalue weighted by Crippen LogP contribution is -1.96. The van der Waals surface area contributed by atoms with Gasteiger partial charge >= 0.3 is 0 Å². The highest BCUT2D eigenvalue weighted by Crippen LogP contribution is 2.21. The first kappa shape index (κ1) is 14.1. The van der Waals surface area contributed by atoms with Crippen LogP contribution >= 0.6 is 11.8 Å². The van der Waals surface area contributed by atoms with Gasteiger partial charge in [-0.3, -0.25) is 0 Å². The van der Waals surface area contributed by atoms with Crippen molar-refractivity contribution >= 4 is 21.6 Å². The molecule has 0 aromatic heterocycles. The van der Waals surface area contributed by atoms with Gasteiger partial charge in [-0.05, 0) is 42.9 Å². The summed E-state index contributed by atoms with van der Waals surface area (Å²) >= 11 is 1.69. The average Bonchev–Trinajstić information content (AvgIpc) is 2.28. The smallest absolute Gasteiger partial charge is 0.175 e. The lowest BCUT2D eigenvalue weighted by Gasteiger charge is -2.02. The second-order valence-electron chi connectivity index (χ2n) is 3.71. The molecular formula is C12H15NO2S2. The fourth-order valence-corrected chi connectivity index (χ4v) is 2.82. The molecule has 0 fully saturated rings. The highest BCUT2D eigenvalue weighted by Gasteiger charge is 2.05. The van der Waals surface area contributed by atoms with Crippen molar-refractivity contribution in [1.29, 1.82) is 5.26 Å². The third-order valence-corrected chi connectivity index (χ3v) is 4.43. The standard InChI is InChI=1S/C12H15NO2S2/c1-17(14,15)12-7-5-11(6-8-12)16-10-4-2-3-9-13/h5-8H,2-4,10H2,1H3. The van der Waals surface area contributed by atoms with Crippen molar-refractivity contribution in [1.82, 2.24) is 0 Å². The van der Waals surface area contributed by atoms with Crippen LogP contribution in [0.4, 0.5) is 0 Å². The monoisotopic (exact) mass is 269 g/mol. The Bertz CT molecular complexity index is 486. The number of unbranched alkanes of at least 4 members (excludes halogenated alkanes) is 2. The molecule has 0 N–H and O–H groups in total. The summed E-state index contributed by atoms with van der Waals surface area (Å²) in [4.78, 5) is 1.42. The van der Waals surface area contributed by atoms with Gasteiger partial charge in [0.25, 0.3) is 0 Å². The van der Waals surface area contributed by atoms with Crippen LogP contribution < -0.4 is 0 Å². The van der Waals surface area contributed by atoms with Crippen molar-refractivity contribution in [2.75, 3.05) is 12.0 Å². The number of rotatable bonds is 6. The number of hydrogen-bond donors (Lipinski definition) is 0. The Morgan fingerprint density at radius 2 is 1.88 bits per heavy atom. The van der Waals surface area contributed by atoms with Crippen LogP contribution in [0.15, 0.2) is 34.1 Å². The van der Waals surface area contributed by atoms with Crippen LogP contribution in [0.5, 0.6) is 0 Å². The Labute approximate surface area is 107 Å². The molecule has 0 aliphatic rings. The van der Waals surface area contributed by atoms with E-state index in [2.05, 4.69) is 6.07 Å². The molecule has 0 radical (unpaired) electrons. The van der Waals surface area contributed by atoms with Crippen LogP contribution in [0.25, 0.3) is 0 Å². The van der Waals surface area contributed by atoms with Gasteiger partial charge in [-0.15, -0.1) is 11.8 Å². The molecule has 92 valence electrons. The first-order chi connectivity index (χ1) is 8.04. The molecule has 0 saturated heterocycles. The van der Waals surface area contributed by atoms with E-state index in [9.17, 15) is 8.42 Å². The molecule has 0 atom stereocenters. The van der Waals surface area contributed by atoms with E-state index < -0.39 is 9.84 Å². The lowest BCUT2D eigenvalue weighted by molar-refractivity contribution is 0.602. The molecule has 5 heteroatoms. The normalized spacial score (nSPS) is 11.1. The van der Waals surface area contributed by atoms with Crippen molar-refractivity contribution < 1.29 is 8.42 Å². The minimum Gasteiger partial charge on any atom is -0.224 e. The van der Waals surface area contributed by atoms with Gasteiger partial charge < -0.3 is 0 Å². The summed E-state index contributed by atoms with van der Waals surface area (Å²) < 4.78 is 22.5. The van der Waals surface area contributed by atoms with Crippen molar-refractivity contribution in [3.8, 4) is 6.07 Å². The SMILES string of the molecule is CS(=O)(=O)c1ccc(SCCCCC#N)cc1. The fourth-order valence-electron chi connectivity index (χ4n) is 1.28. The Balaban J connectivity index is 2.44. The minimum absolute atomic E-state index is 0.353. The molecule has 0 heterocycles. The number of nitrogens with zero attached hydrogens (tertiary/aromatic N) is 1. The van der Waals surface area contributed by atoms with E-state index >= 15 is 0 Å². The van der Waals surface area contributed by atoms with E-state index in [-0.39, 0.29) is 0 Å². The summed E-state index contributed by atoms with van der Waals surface area (Å²) in [6, 6.07) is 9.03. The molecule has 17 heavy (non-hydrogen) atoms. The maximum Gasteiger partial charge on any atom is 0.175 e. The summed E-state index contributed by atoms with van der Waals surface area (Å²) in [7, 11) is -3.10. The summed E-state index contributed by atoms with van der Waals surface area (Å²) in [5.74, 6) is 0.958. The highest BCUT2D eigenvalue weighted by molar-refractivity contribution is 7.99. The second kappa shape index (κ2) is 6.67. The van der Waals surface area contributed by atoms with E-state index in [1.54, 1.807) is 23.9 Å². The van der Waals surface area contributed by atoms with Crippen molar-refractivity contribution in [2.45, 2.75) is 29.1 Å². The van der Waals surface area contributed by atoms with Crippen LogP contribution in [0.1, 0.15) is 19.3 Å². The minimum atomic E-state index is -3.10. The van der Waals surface area contributed by atoms with Crippen molar-refractivity contribution in [2.24, 2.45) is 0 Å². The molecule has 0 spiro atoms. The molecule has 1 rings (SSSR count). The van der Waals surface area contributed by atoms with Gasteiger partial charge in [0, 0.05) is 17.6 Å². The van der Waals surface area contributed by atoms with Gasteiger partial charge in [0.05, 0.1) is 11.0 Å². The van der Waals surface area contributed by atoms with Gasteiger partial charge in [-0.1, -0.05) is 0 Å². The number of nitriles is 1.